The third-order valence-corrected chi connectivity index (χ3v) is 7.81. The van der Waals surface area contributed by atoms with Gasteiger partial charge < -0.3 is 20.0 Å². The second-order valence-electron chi connectivity index (χ2n) is 10.9. The van der Waals surface area contributed by atoms with Crippen LogP contribution < -0.4 is 5.73 Å². The molecule has 194 valence electrons. The topological polar surface area (TPSA) is 79.8 Å². The molecule has 2 fully saturated rings. The number of carbonyl (C=O) groups excluding carboxylic acids is 2. The zero-order valence-corrected chi connectivity index (χ0v) is 21.8. The van der Waals surface area contributed by atoms with Gasteiger partial charge in [-0.05, 0) is 36.0 Å². The molecule has 0 spiro atoms. The molecule has 1 aromatic heterocycles. The fraction of sp³-hybridized carbons (Fsp3) is 0.419. The van der Waals surface area contributed by atoms with Gasteiger partial charge in [-0.1, -0.05) is 74.5 Å². The first kappa shape index (κ1) is 25.3. The van der Waals surface area contributed by atoms with Crippen LogP contribution in [0.3, 0.4) is 0 Å². The molecule has 6 nitrogen and oxygen atoms in total. The van der Waals surface area contributed by atoms with E-state index in [4.69, 9.17) is 10.2 Å². The highest BCUT2D eigenvalue weighted by Gasteiger charge is 2.44. The second kappa shape index (κ2) is 10.9. The fourth-order valence-corrected chi connectivity index (χ4v) is 5.86. The monoisotopic (exact) mass is 499 g/mol. The summed E-state index contributed by atoms with van der Waals surface area (Å²) >= 11 is 0. The molecule has 2 aromatic carbocycles. The molecule has 0 radical (unpaired) electrons. The van der Waals surface area contributed by atoms with Crippen molar-refractivity contribution in [2.75, 3.05) is 19.6 Å². The van der Waals surface area contributed by atoms with Crippen LogP contribution in [0.2, 0.25) is 0 Å². The molecule has 6 heteroatoms. The van der Waals surface area contributed by atoms with Crippen LogP contribution >= 0.6 is 0 Å². The highest BCUT2D eigenvalue weighted by molar-refractivity contribution is 5.96. The van der Waals surface area contributed by atoms with Crippen molar-refractivity contribution in [1.29, 1.82) is 0 Å². The summed E-state index contributed by atoms with van der Waals surface area (Å²) in [4.78, 5) is 31.4. The first-order valence-electron chi connectivity index (χ1n) is 13.5. The Bertz CT molecular complexity index is 1220. The summed E-state index contributed by atoms with van der Waals surface area (Å²) in [7, 11) is 0. The largest absolute Gasteiger partial charge is 0.456 e. The Morgan fingerprint density at radius 1 is 0.973 bits per heavy atom. The standard InChI is InChI=1S/C31H37N3O3/c1-21(2)15-28-25(18-32)17-29(37-28)31(36)34-20-26(23-11-7-4-8-12-23)16-27(34)30(35)33-14-13-24(19-33)22-9-5-3-6-10-22/h3-12,17,21,24,26-27H,13-16,18-20,32H2,1-2H3/t24-,26-,27-/m0/s1. The average Bonchev–Trinajstić information content (AvgIpc) is 3.67. The van der Waals surface area contributed by atoms with Crippen molar-refractivity contribution >= 4 is 11.8 Å². The maximum absolute atomic E-state index is 13.9. The van der Waals surface area contributed by atoms with Crippen molar-refractivity contribution in [1.82, 2.24) is 9.80 Å². The van der Waals surface area contributed by atoms with Crippen molar-refractivity contribution in [3.63, 3.8) is 0 Å². The molecule has 2 saturated heterocycles. The molecular weight excluding hydrogens is 462 g/mol. The Labute approximate surface area is 219 Å². The summed E-state index contributed by atoms with van der Waals surface area (Å²) in [6, 6.07) is 21.8. The summed E-state index contributed by atoms with van der Waals surface area (Å²) in [6.45, 7) is 6.44. The molecule has 3 aromatic rings. The molecule has 37 heavy (non-hydrogen) atoms. The highest BCUT2D eigenvalue weighted by Crippen LogP contribution is 2.36. The lowest BCUT2D eigenvalue weighted by atomic mass is 9.96. The van der Waals surface area contributed by atoms with Gasteiger partial charge in [0.25, 0.3) is 5.91 Å². The number of likely N-dealkylation sites (tertiary alicyclic amines) is 2. The van der Waals surface area contributed by atoms with Crippen LogP contribution in [-0.2, 0) is 17.8 Å². The molecule has 2 aliphatic rings. The maximum atomic E-state index is 13.9. The lowest BCUT2D eigenvalue weighted by molar-refractivity contribution is -0.134. The minimum Gasteiger partial charge on any atom is -0.456 e. The van der Waals surface area contributed by atoms with Crippen molar-refractivity contribution in [3.05, 3.63) is 94.9 Å². The summed E-state index contributed by atoms with van der Waals surface area (Å²) in [6.07, 6.45) is 2.28. The summed E-state index contributed by atoms with van der Waals surface area (Å²) in [5, 5.41) is 0. The van der Waals surface area contributed by atoms with Gasteiger partial charge in [-0.15, -0.1) is 0 Å². The van der Waals surface area contributed by atoms with Gasteiger partial charge in [-0.2, -0.15) is 0 Å². The van der Waals surface area contributed by atoms with Gasteiger partial charge in [-0.3, -0.25) is 9.59 Å². The van der Waals surface area contributed by atoms with Crippen LogP contribution in [0.4, 0.5) is 0 Å². The normalized spacial score (nSPS) is 21.7. The number of amides is 2. The second-order valence-corrected chi connectivity index (χ2v) is 10.9. The molecule has 0 bridgehead atoms. The summed E-state index contributed by atoms with van der Waals surface area (Å²) in [5.41, 5.74) is 9.25. The van der Waals surface area contributed by atoms with Gasteiger partial charge >= 0.3 is 0 Å². The van der Waals surface area contributed by atoms with Crippen molar-refractivity contribution < 1.29 is 14.0 Å². The number of hydrogen-bond donors (Lipinski definition) is 1. The Kier molecular flexibility index (Phi) is 7.47. The van der Waals surface area contributed by atoms with Gasteiger partial charge in [0.1, 0.15) is 11.8 Å². The molecular formula is C31H37N3O3. The third-order valence-electron chi connectivity index (χ3n) is 7.81. The van der Waals surface area contributed by atoms with E-state index in [2.05, 4.69) is 38.1 Å². The zero-order chi connectivity index (χ0) is 25.9. The Morgan fingerprint density at radius 2 is 1.62 bits per heavy atom. The van der Waals surface area contributed by atoms with Crippen LogP contribution in [-0.4, -0.2) is 47.3 Å². The first-order chi connectivity index (χ1) is 17.9. The number of furan rings is 1. The Morgan fingerprint density at radius 3 is 2.24 bits per heavy atom. The zero-order valence-electron chi connectivity index (χ0n) is 21.8. The first-order valence-corrected chi connectivity index (χ1v) is 13.5. The van der Waals surface area contributed by atoms with Gasteiger partial charge in [0.05, 0.1) is 0 Å². The third kappa shape index (κ3) is 5.35. The van der Waals surface area contributed by atoms with Gasteiger partial charge in [-0.25, -0.2) is 0 Å². The van der Waals surface area contributed by atoms with Gasteiger partial charge in [0, 0.05) is 50.0 Å². The van der Waals surface area contributed by atoms with Crippen LogP contribution in [0.1, 0.15) is 71.5 Å². The lowest BCUT2D eigenvalue weighted by Gasteiger charge is -2.27. The molecule has 5 rings (SSSR count). The quantitative estimate of drug-likeness (QED) is 0.499. The number of carbonyl (C=O) groups is 2. The number of rotatable bonds is 7. The molecule has 0 unspecified atom stereocenters. The van der Waals surface area contributed by atoms with E-state index in [1.807, 2.05) is 41.3 Å². The van der Waals surface area contributed by atoms with Gasteiger partial charge in [0.15, 0.2) is 5.76 Å². The van der Waals surface area contributed by atoms with E-state index < -0.39 is 6.04 Å². The maximum Gasteiger partial charge on any atom is 0.290 e. The van der Waals surface area contributed by atoms with Crippen molar-refractivity contribution in [2.45, 2.75) is 57.5 Å². The molecule has 2 amide bonds. The van der Waals surface area contributed by atoms with Crippen LogP contribution in [0, 0.1) is 5.92 Å². The number of benzene rings is 2. The van der Waals surface area contributed by atoms with Crippen LogP contribution in [0.25, 0.3) is 0 Å². The van der Waals surface area contributed by atoms with Crippen LogP contribution in [0.5, 0.6) is 0 Å². The minimum atomic E-state index is -0.507. The Balaban J connectivity index is 1.39. The van der Waals surface area contributed by atoms with Crippen molar-refractivity contribution in [3.8, 4) is 0 Å². The van der Waals surface area contributed by atoms with Gasteiger partial charge in [0.2, 0.25) is 5.91 Å². The summed E-state index contributed by atoms with van der Waals surface area (Å²) in [5.74, 6) is 1.69. The van der Waals surface area contributed by atoms with E-state index in [-0.39, 0.29) is 23.5 Å². The van der Waals surface area contributed by atoms with E-state index in [0.29, 0.717) is 44.4 Å². The highest BCUT2D eigenvalue weighted by atomic mass is 16.4. The SMILES string of the molecule is CC(C)Cc1oc(C(=O)N2C[C@@H](c3ccccc3)C[C@H]2C(=O)N2CC[C@H](c3ccccc3)C2)cc1CN. The van der Waals surface area contributed by atoms with E-state index in [0.717, 1.165) is 29.7 Å². The summed E-state index contributed by atoms with van der Waals surface area (Å²) < 4.78 is 6.06. The average molecular weight is 500 g/mol. The van der Waals surface area contributed by atoms with E-state index in [9.17, 15) is 9.59 Å². The number of nitrogens with zero attached hydrogens (tertiary/aromatic N) is 2. The molecule has 2 aliphatic heterocycles. The lowest BCUT2D eigenvalue weighted by Crippen LogP contribution is -2.47. The predicted octanol–water partition coefficient (Wildman–Crippen LogP) is 4.95. The van der Waals surface area contributed by atoms with E-state index >= 15 is 0 Å². The molecule has 0 saturated carbocycles. The van der Waals surface area contributed by atoms with E-state index in [1.165, 1.54) is 5.56 Å². The predicted molar refractivity (Wildman–Crippen MR) is 144 cm³/mol. The number of hydrogen-bond acceptors (Lipinski definition) is 4. The van der Waals surface area contributed by atoms with Crippen LogP contribution in [0.15, 0.2) is 71.1 Å². The van der Waals surface area contributed by atoms with E-state index in [1.54, 1.807) is 11.0 Å². The Hall–Kier alpha value is -3.38. The smallest absolute Gasteiger partial charge is 0.290 e. The molecule has 0 aliphatic carbocycles. The number of nitrogens with two attached hydrogens (primary N) is 1. The fourth-order valence-electron chi connectivity index (χ4n) is 5.86. The molecule has 3 atom stereocenters. The molecule has 3 heterocycles. The minimum absolute atomic E-state index is 0.0400. The van der Waals surface area contributed by atoms with Crippen molar-refractivity contribution in [2.24, 2.45) is 11.7 Å². The molecule has 2 N–H and O–H groups in total.